The van der Waals surface area contributed by atoms with E-state index < -0.39 is 10.0 Å². The average Bonchev–Trinajstić information content (AvgIpc) is 2.90. The van der Waals surface area contributed by atoms with Crippen molar-refractivity contribution in [2.75, 3.05) is 11.9 Å². The second kappa shape index (κ2) is 10.1. The molecular formula is C21H24ClN3O4S. The zero-order chi connectivity index (χ0) is 21.6. The molecule has 1 aliphatic heterocycles. The highest BCUT2D eigenvalue weighted by atomic mass is 35.5. The Labute approximate surface area is 181 Å². The number of nitrogens with one attached hydrogen (secondary N) is 3. The lowest BCUT2D eigenvalue weighted by molar-refractivity contribution is -0.121. The Hall–Kier alpha value is -2.42. The van der Waals surface area contributed by atoms with E-state index in [0.717, 1.165) is 11.1 Å². The first kappa shape index (κ1) is 22.3. The number of amides is 2. The van der Waals surface area contributed by atoms with E-state index in [2.05, 4.69) is 15.4 Å². The van der Waals surface area contributed by atoms with Crippen LogP contribution in [-0.4, -0.2) is 26.8 Å². The third-order valence-corrected chi connectivity index (χ3v) is 6.50. The summed E-state index contributed by atoms with van der Waals surface area (Å²) in [6.45, 7) is 0.553. The van der Waals surface area contributed by atoms with Gasteiger partial charge >= 0.3 is 0 Å². The number of hydrogen-bond acceptors (Lipinski definition) is 4. The lowest BCUT2D eigenvalue weighted by Crippen LogP contribution is -2.27. The Balaban J connectivity index is 1.46. The Morgan fingerprint density at radius 1 is 1.10 bits per heavy atom. The smallest absolute Gasteiger partial charge is 0.240 e. The summed E-state index contributed by atoms with van der Waals surface area (Å²) in [5, 5.41) is 6.22. The maximum Gasteiger partial charge on any atom is 0.240 e. The first-order valence-corrected chi connectivity index (χ1v) is 11.6. The zero-order valence-corrected chi connectivity index (χ0v) is 18.0. The molecule has 0 unspecified atom stereocenters. The van der Waals surface area contributed by atoms with Crippen LogP contribution in [0.1, 0.15) is 36.8 Å². The summed E-state index contributed by atoms with van der Waals surface area (Å²) in [7, 11) is -3.68. The molecule has 2 aromatic carbocycles. The molecule has 3 rings (SSSR count). The molecule has 7 nitrogen and oxygen atoms in total. The van der Waals surface area contributed by atoms with E-state index in [1.807, 2.05) is 12.1 Å². The molecule has 0 atom stereocenters. The summed E-state index contributed by atoms with van der Waals surface area (Å²) in [5.74, 6) is -0.207. The number of halogens is 1. The van der Waals surface area contributed by atoms with Crippen molar-refractivity contribution >= 4 is 39.1 Å². The molecule has 1 aliphatic rings. The molecule has 0 fully saturated rings. The zero-order valence-electron chi connectivity index (χ0n) is 16.4. The highest BCUT2D eigenvalue weighted by Gasteiger charge is 2.18. The van der Waals surface area contributed by atoms with E-state index in [0.29, 0.717) is 42.9 Å². The molecular weight excluding hydrogens is 426 g/mol. The Kier molecular flexibility index (Phi) is 7.47. The van der Waals surface area contributed by atoms with E-state index in [9.17, 15) is 18.0 Å². The number of carbonyl (C=O) groups excluding carboxylic acids is 2. The number of rotatable bonds is 8. The largest absolute Gasteiger partial charge is 0.352 e. The molecule has 0 radical (unpaired) electrons. The van der Waals surface area contributed by atoms with Crippen LogP contribution >= 0.6 is 11.6 Å². The second-order valence-electron chi connectivity index (χ2n) is 7.13. The maximum absolute atomic E-state index is 12.5. The van der Waals surface area contributed by atoms with Crippen LogP contribution in [0.5, 0.6) is 0 Å². The predicted octanol–water partition coefficient (Wildman–Crippen LogP) is 2.99. The number of sulfonamides is 1. The van der Waals surface area contributed by atoms with E-state index >= 15 is 0 Å². The van der Waals surface area contributed by atoms with Crippen LogP contribution in [0.2, 0.25) is 5.02 Å². The fourth-order valence-corrected chi connectivity index (χ4v) is 4.40. The van der Waals surface area contributed by atoms with Crippen molar-refractivity contribution in [3.05, 3.63) is 58.6 Å². The quantitative estimate of drug-likeness (QED) is 0.539. The average molecular weight is 450 g/mol. The number of hydrogen-bond donors (Lipinski definition) is 3. The van der Waals surface area contributed by atoms with Crippen LogP contribution in [-0.2, 0) is 32.6 Å². The van der Waals surface area contributed by atoms with Gasteiger partial charge in [0.25, 0.3) is 0 Å². The Morgan fingerprint density at radius 2 is 1.87 bits per heavy atom. The first-order valence-electron chi connectivity index (χ1n) is 9.77. The minimum atomic E-state index is -3.68. The fourth-order valence-electron chi connectivity index (χ4n) is 3.15. The Morgan fingerprint density at radius 3 is 2.63 bits per heavy atom. The minimum Gasteiger partial charge on any atom is -0.352 e. The first-order chi connectivity index (χ1) is 14.3. The summed E-state index contributed by atoms with van der Waals surface area (Å²) < 4.78 is 27.6. The molecule has 0 saturated carbocycles. The van der Waals surface area contributed by atoms with Crippen molar-refractivity contribution in [2.45, 2.75) is 43.5 Å². The van der Waals surface area contributed by atoms with Gasteiger partial charge in [-0.3, -0.25) is 9.59 Å². The van der Waals surface area contributed by atoms with E-state index in [-0.39, 0.29) is 29.7 Å². The topological polar surface area (TPSA) is 104 Å². The number of fused-ring (bicyclic) bond motifs is 1. The summed E-state index contributed by atoms with van der Waals surface area (Å²) in [5.41, 5.74) is 2.41. The maximum atomic E-state index is 12.5. The molecule has 0 bridgehead atoms. The summed E-state index contributed by atoms with van der Waals surface area (Å²) in [6, 6.07) is 11.9. The van der Waals surface area contributed by atoms with Gasteiger partial charge in [-0.25, -0.2) is 13.1 Å². The van der Waals surface area contributed by atoms with Gasteiger partial charge in [-0.15, -0.1) is 0 Å². The number of aryl methyl sites for hydroxylation is 1. The SMILES string of the molecule is O=C(CCCNS(=O)(=O)c1ccc2c(c1)CCCC(=O)N2)NCc1ccc(Cl)cc1. The highest BCUT2D eigenvalue weighted by molar-refractivity contribution is 7.89. The van der Waals surface area contributed by atoms with E-state index in [1.54, 1.807) is 24.3 Å². The number of anilines is 1. The van der Waals surface area contributed by atoms with Gasteiger partial charge in [0.2, 0.25) is 21.8 Å². The molecule has 0 saturated heterocycles. The second-order valence-corrected chi connectivity index (χ2v) is 9.33. The fraction of sp³-hybridized carbons (Fsp3) is 0.333. The molecule has 2 amide bonds. The minimum absolute atomic E-state index is 0.0585. The van der Waals surface area contributed by atoms with Gasteiger partial charge in [0.05, 0.1) is 4.90 Å². The van der Waals surface area contributed by atoms with Crippen molar-refractivity contribution in [3.63, 3.8) is 0 Å². The normalized spacial score (nSPS) is 13.8. The van der Waals surface area contributed by atoms with Gasteiger partial charge in [0.15, 0.2) is 0 Å². The van der Waals surface area contributed by atoms with Crippen molar-refractivity contribution in [1.29, 1.82) is 0 Å². The van der Waals surface area contributed by atoms with Gasteiger partial charge in [-0.05, 0) is 60.7 Å². The van der Waals surface area contributed by atoms with Gasteiger partial charge in [-0.1, -0.05) is 23.7 Å². The summed E-state index contributed by atoms with van der Waals surface area (Å²) >= 11 is 5.83. The number of benzene rings is 2. The Bertz CT molecular complexity index is 1020. The van der Waals surface area contributed by atoms with Crippen molar-refractivity contribution < 1.29 is 18.0 Å². The third-order valence-electron chi connectivity index (χ3n) is 4.79. The van der Waals surface area contributed by atoms with Gasteiger partial charge in [0.1, 0.15) is 0 Å². The van der Waals surface area contributed by atoms with Crippen molar-refractivity contribution in [1.82, 2.24) is 10.0 Å². The van der Waals surface area contributed by atoms with Crippen LogP contribution in [0.4, 0.5) is 5.69 Å². The summed E-state index contributed by atoms with van der Waals surface area (Å²) in [4.78, 5) is 23.7. The highest BCUT2D eigenvalue weighted by Crippen LogP contribution is 2.25. The van der Waals surface area contributed by atoms with Gasteiger partial charge in [0, 0.05) is 36.6 Å². The predicted molar refractivity (Wildman–Crippen MR) is 116 cm³/mol. The van der Waals surface area contributed by atoms with Crippen LogP contribution in [0.3, 0.4) is 0 Å². The van der Waals surface area contributed by atoms with Crippen molar-refractivity contribution in [2.24, 2.45) is 0 Å². The molecule has 1 heterocycles. The molecule has 160 valence electrons. The lowest BCUT2D eigenvalue weighted by Gasteiger charge is -2.11. The molecule has 9 heteroatoms. The molecule has 2 aromatic rings. The molecule has 0 aliphatic carbocycles. The van der Waals surface area contributed by atoms with Crippen LogP contribution < -0.4 is 15.4 Å². The van der Waals surface area contributed by atoms with Crippen molar-refractivity contribution in [3.8, 4) is 0 Å². The molecule has 0 aromatic heterocycles. The third kappa shape index (κ3) is 6.29. The molecule has 0 spiro atoms. The molecule has 30 heavy (non-hydrogen) atoms. The lowest BCUT2D eigenvalue weighted by atomic mass is 10.1. The number of carbonyl (C=O) groups is 2. The van der Waals surface area contributed by atoms with E-state index in [4.69, 9.17) is 11.6 Å². The monoisotopic (exact) mass is 449 g/mol. The standard InChI is InChI=1S/C21H24ClN3O4S/c22-17-8-6-15(7-9-17)14-23-20(26)5-2-12-24-30(28,29)18-10-11-19-16(13-18)3-1-4-21(27)25-19/h6-11,13,24H,1-5,12,14H2,(H,23,26)(H,25,27). The van der Waals surface area contributed by atoms with Gasteiger partial charge in [-0.2, -0.15) is 0 Å². The van der Waals surface area contributed by atoms with Crippen LogP contribution in [0.25, 0.3) is 0 Å². The molecule has 3 N–H and O–H groups in total. The van der Waals surface area contributed by atoms with Gasteiger partial charge < -0.3 is 10.6 Å². The van der Waals surface area contributed by atoms with Crippen LogP contribution in [0.15, 0.2) is 47.4 Å². The van der Waals surface area contributed by atoms with Crippen LogP contribution in [0, 0.1) is 0 Å². The van der Waals surface area contributed by atoms with E-state index in [1.165, 1.54) is 6.07 Å². The summed E-state index contributed by atoms with van der Waals surface area (Å²) in [6.07, 6.45) is 2.35.